The van der Waals surface area contributed by atoms with E-state index in [-0.39, 0.29) is 17.4 Å². The molecule has 0 radical (unpaired) electrons. The second-order valence-corrected chi connectivity index (χ2v) is 9.40. The summed E-state index contributed by atoms with van der Waals surface area (Å²) in [5.41, 5.74) is 7.47. The molecule has 0 saturated carbocycles. The zero-order valence-corrected chi connectivity index (χ0v) is 19.7. The number of benzene rings is 1. The number of primary amides is 1. The Hall–Kier alpha value is -2.64. The molecule has 7 nitrogen and oxygen atoms in total. The molecule has 0 spiro atoms. The van der Waals surface area contributed by atoms with Gasteiger partial charge in [-0.05, 0) is 70.0 Å². The molecule has 1 aliphatic heterocycles. The largest absolute Gasteiger partial charge is 0.366 e. The third kappa shape index (κ3) is 6.20. The van der Waals surface area contributed by atoms with Crippen molar-refractivity contribution in [1.29, 1.82) is 0 Å². The van der Waals surface area contributed by atoms with Gasteiger partial charge in [0.15, 0.2) is 0 Å². The lowest BCUT2D eigenvalue weighted by Gasteiger charge is -2.34. The van der Waals surface area contributed by atoms with E-state index in [1.54, 1.807) is 18.3 Å². The highest BCUT2D eigenvalue weighted by atomic mass is 35.5. The van der Waals surface area contributed by atoms with Crippen LogP contribution in [0.1, 0.15) is 56.0 Å². The van der Waals surface area contributed by atoms with Gasteiger partial charge < -0.3 is 16.4 Å². The Morgan fingerprint density at radius 1 is 1.22 bits per heavy atom. The monoisotopic (exact) mass is 457 g/mol. The fourth-order valence-corrected chi connectivity index (χ4v) is 3.94. The Bertz CT molecular complexity index is 953. The van der Waals surface area contributed by atoms with E-state index in [2.05, 4.69) is 27.4 Å². The molecule has 3 rings (SSSR count). The SMILES string of the molecule is CCC(C)(C)NC(=O)C1CCN(Cc2cccc(Nc3ccc(Cl)cn3)c2C(N)=O)CC1. The number of hydrogen-bond donors (Lipinski definition) is 3. The highest BCUT2D eigenvalue weighted by Crippen LogP contribution is 2.27. The molecule has 32 heavy (non-hydrogen) atoms. The van der Waals surface area contributed by atoms with E-state index in [0.717, 1.165) is 37.9 Å². The van der Waals surface area contributed by atoms with Crippen molar-refractivity contribution in [3.05, 3.63) is 52.7 Å². The van der Waals surface area contributed by atoms with Crippen molar-refractivity contribution in [2.24, 2.45) is 11.7 Å². The number of hydrogen-bond acceptors (Lipinski definition) is 5. The highest BCUT2D eigenvalue weighted by molar-refractivity contribution is 6.30. The third-order valence-electron chi connectivity index (χ3n) is 6.09. The molecule has 0 aliphatic carbocycles. The van der Waals surface area contributed by atoms with Crippen LogP contribution in [0.4, 0.5) is 11.5 Å². The van der Waals surface area contributed by atoms with Crippen molar-refractivity contribution in [2.45, 2.75) is 52.1 Å². The van der Waals surface area contributed by atoms with Gasteiger partial charge in [0.2, 0.25) is 5.91 Å². The van der Waals surface area contributed by atoms with Gasteiger partial charge in [0.1, 0.15) is 5.82 Å². The maximum Gasteiger partial charge on any atom is 0.251 e. The average Bonchev–Trinajstić information content (AvgIpc) is 2.75. The number of nitrogens with zero attached hydrogens (tertiary/aromatic N) is 2. The zero-order chi connectivity index (χ0) is 23.3. The van der Waals surface area contributed by atoms with Crippen LogP contribution in [0.15, 0.2) is 36.5 Å². The number of aromatic nitrogens is 1. The van der Waals surface area contributed by atoms with Crippen LogP contribution < -0.4 is 16.4 Å². The number of carbonyl (C=O) groups is 2. The third-order valence-corrected chi connectivity index (χ3v) is 6.31. The van der Waals surface area contributed by atoms with Gasteiger partial charge in [-0.3, -0.25) is 14.5 Å². The molecule has 1 fully saturated rings. The molecule has 1 aliphatic rings. The fraction of sp³-hybridized carbons (Fsp3) is 0.458. The number of nitrogens with two attached hydrogens (primary N) is 1. The molecule has 1 aromatic carbocycles. The topological polar surface area (TPSA) is 100 Å². The number of carbonyl (C=O) groups excluding carboxylic acids is 2. The van der Waals surface area contributed by atoms with Crippen molar-refractivity contribution in [3.8, 4) is 0 Å². The number of halogens is 1. The summed E-state index contributed by atoms with van der Waals surface area (Å²) in [5.74, 6) is 0.247. The number of piperidine rings is 1. The van der Waals surface area contributed by atoms with Crippen LogP contribution >= 0.6 is 11.6 Å². The van der Waals surface area contributed by atoms with Crippen LogP contribution in [0.5, 0.6) is 0 Å². The lowest BCUT2D eigenvalue weighted by molar-refractivity contribution is -0.128. The summed E-state index contributed by atoms with van der Waals surface area (Å²) in [6.45, 7) is 8.35. The maximum absolute atomic E-state index is 12.6. The standard InChI is InChI=1S/C24H32ClN5O2/c1-4-24(2,3)29-23(32)16-10-12-30(13-11-16)15-17-6-5-7-19(21(17)22(26)31)28-20-9-8-18(25)14-27-20/h5-9,14,16H,4,10-13,15H2,1-3H3,(H2,26,31)(H,27,28)(H,29,32). The second-order valence-electron chi connectivity index (χ2n) is 8.97. The fourth-order valence-electron chi connectivity index (χ4n) is 3.83. The van der Waals surface area contributed by atoms with E-state index < -0.39 is 5.91 Å². The predicted molar refractivity (Wildman–Crippen MR) is 128 cm³/mol. The summed E-state index contributed by atoms with van der Waals surface area (Å²) in [6, 6.07) is 9.10. The van der Waals surface area contributed by atoms with Gasteiger partial charge in [-0.15, -0.1) is 0 Å². The molecule has 4 N–H and O–H groups in total. The van der Waals surface area contributed by atoms with Gasteiger partial charge in [0, 0.05) is 24.2 Å². The first kappa shape index (κ1) is 24.0. The molecule has 172 valence electrons. The van der Waals surface area contributed by atoms with Crippen molar-refractivity contribution >= 4 is 34.9 Å². The molecule has 1 aromatic heterocycles. The molecule has 2 amide bonds. The van der Waals surface area contributed by atoms with Crippen molar-refractivity contribution in [2.75, 3.05) is 18.4 Å². The van der Waals surface area contributed by atoms with Gasteiger partial charge >= 0.3 is 0 Å². The number of anilines is 2. The van der Waals surface area contributed by atoms with Gasteiger partial charge in [0.05, 0.1) is 16.3 Å². The Morgan fingerprint density at radius 3 is 2.53 bits per heavy atom. The van der Waals surface area contributed by atoms with Gasteiger partial charge in [-0.1, -0.05) is 30.7 Å². The Kier molecular flexibility index (Phi) is 7.74. The normalized spacial score (nSPS) is 15.4. The molecule has 0 bridgehead atoms. The molecule has 0 unspecified atom stereocenters. The summed E-state index contributed by atoms with van der Waals surface area (Å²) in [7, 11) is 0. The van der Waals surface area contributed by atoms with Crippen LogP contribution in [-0.4, -0.2) is 40.3 Å². The molecule has 0 atom stereocenters. The van der Waals surface area contributed by atoms with Gasteiger partial charge in [-0.2, -0.15) is 0 Å². The Labute approximate surface area is 194 Å². The zero-order valence-electron chi connectivity index (χ0n) is 19.0. The number of nitrogens with one attached hydrogen (secondary N) is 2. The van der Waals surface area contributed by atoms with Crippen LogP contribution in [-0.2, 0) is 11.3 Å². The molecule has 1 saturated heterocycles. The average molecular weight is 458 g/mol. The summed E-state index contributed by atoms with van der Waals surface area (Å²) in [6.07, 6.45) is 4.03. The lowest BCUT2D eigenvalue weighted by Crippen LogP contribution is -2.48. The number of rotatable bonds is 8. The van der Waals surface area contributed by atoms with Gasteiger partial charge in [-0.25, -0.2) is 4.98 Å². The smallest absolute Gasteiger partial charge is 0.251 e. The van der Waals surface area contributed by atoms with Crippen LogP contribution in [0, 0.1) is 5.92 Å². The lowest BCUT2D eigenvalue weighted by atomic mass is 9.93. The molecule has 2 heterocycles. The van der Waals surface area contributed by atoms with E-state index in [9.17, 15) is 9.59 Å². The first-order chi connectivity index (χ1) is 15.2. The first-order valence-electron chi connectivity index (χ1n) is 11.0. The van der Waals surface area contributed by atoms with E-state index in [0.29, 0.717) is 28.6 Å². The van der Waals surface area contributed by atoms with Gasteiger partial charge in [0.25, 0.3) is 5.91 Å². The van der Waals surface area contributed by atoms with E-state index in [1.807, 2.05) is 32.0 Å². The quantitative estimate of drug-likeness (QED) is 0.554. The summed E-state index contributed by atoms with van der Waals surface area (Å²) in [4.78, 5) is 31.4. The van der Waals surface area contributed by atoms with E-state index >= 15 is 0 Å². The minimum absolute atomic E-state index is 0.0247. The molecular weight excluding hydrogens is 426 g/mol. The van der Waals surface area contributed by atoms with Crippen LogP contribution in [0.2, 0.25) is 5.02 Å². The minimum atomic E-state index is -0.492. The molecule has 2 aromatic rings. The van der Waals surface area contributed by atoms with Crippen molar-refractivity contribution in [1.82, 2.24) is 15.2 Å². The number of likely N-dealkylation sites (tertiary alicyclic amines) is 1. The molecule has 8 heteroatoms. The summed E-state index contributed by atoms with van der Waals surface area (Å²) >= 11 is 5.90. The number of pyridine rings is 1. The predicted octanol–water partition coefficient (Wildman–Crippen LogP) is 4.09. The Balaban J connectivity index is 1.67. The van der Waals surface area contributed by atoms with Crippen molar-refractivity contribution in [3.63, 3.8) is 0 Å². The van der Waals surface area contributed by atoms with Crippen LogP contribution in [0.3, 0.4) is 0 Å². The number of amides is 2. The van der Waals surface area contributed by atoms with E-state index in [1.165, 1.54) is 0 Å². The van der Waals surface area contributed by atoms with Crippen molar-refractivity contribution < 1.29 is 9.59 Å². The van der Waals surface area contributed by atoms with Crippen LogP contribution in [0.25, 0.3) is 0 Å². The molecular formula is C24H32ClN5O2. The Morgan fingerprint density at radius 2 is 1.94 bits per heavy atom. The maximum atomic E-state index is 12.6. The first-order valence-corrected chi connectivity index (χ1v) is 11.4. The summed E-state index contributed by atoms with van der Waals surface area (Å²) in [5, 5.41) is 6.86. The highest BCUT2D eigenvalue weighted by Gasteiger charge is 2.29. The summed E-state index contributed by atoms with van der Waals surface area (Å²) < 4.78 is 0. The second kappa shape index (κ2) is 10.3. The van der Waals surface area contributed by atoms with E-state index in [4.69, 9.17) is 17.3 Å². The minimum Gasteiger partial charge on any atom is -0.366 e.